The fourth-order valence-electron chi connectivity index (χ4n) is 0. The molecule has 0 aliphatic rings. The summed E-state index contributed by atoms with van der Waals surface area (Å²) in [6.45, 7) is 4.07. The van der Waals surface area contributed by atoms with E-state index in [4.69, 9.17) is 4.43 Å². The van der Waals surface area contributed by atoms with E-state index in [-0.39, 0.29) is 58.9 Å². The summed E-state index contributed by atoms with van der Waals surface area (Å²) in [6, 6.07) is 0. The molecule has 0 aromatic carbocycles. The van der Waals surface area contributed by atoms with E-state index in [9.17, 15) is 0 Å². The molecule has 0 aromatic rings. The molecule has 0 saturated carbocycles. The molecule has 0 bridgehead atoms. The maximum atomic E-state index is 4.89. The van der Waals surface area contributed by atoms with Crippen molar-refractivity contribution in [2.45, 2.75) is 20.0 Å². The molecule has 0 heterocycles. The van der Waals surface area contributed by atoms with Crippen LogP contribution < -0.4 is 37.2 Å². The summed E-state index contributed by atoms with van der Waals surface area (Å²) in [7, 11) is 0.873. The van der Waals surface area contributed by atoms with Crippen molar-refractivity contribution in [3.05, 3.63) is 0 Å². The zero-order chi connectivity index (χ0) is 4.28. The summed E-state index contributed by atoms with van der Waals surface area (Å²) in [5, 5.41) is 0. The third-order valence-corrected chi connectivity index (χ3v) is 1.41. The van der Waals surface area contributed by atoms with Crippen LogP contribution in [0.5, 0.6) is 0 Å². The first kappa shape index (κ1) is 30.9. The van der Waals surface area contributed by atoms with Crippen LogP contribution in [0.4, 0.5) is 0 Å². The molecular weight excluding hydrogens is 234 g/mol. The van der Waals surface area contributed by atoms with Crippen molar-refractivity contribution in [2.75, 3.05) is 0 Å². The van der Waals surface area contributed by atoms with E-state index < -0.39 is 0 Å². The predicted octanol–water partition coefficient (Wildman–Crippen LogP) is -9.30. The summed E-state index contributed by atoms with van der Waals surface area (Å²) in [6.07, 6.45) is 0.446. The first-order chi connectivity index (χ1) is 2.27. The Morgan fingerprint density at radius 1 is 1.11 bits per heavy atom. The van der Waals surface area contributed by atoms with Crippen LogP contribution in [-0.4, -0.2) is 16.6 Å². The van der Waals surface area contributed by atoms with Gasteiger partial charge in [-0.25, -0.2) is 0 Å². The van der Waals surface area contributed by atoms with Gasteiger partial charge in [-0.3, -0.25) is 0 Å². The Bertz CT molecular complexity index is 33.0. The molecule has 0 N–H and O–H groups in total. The van der Waals surface area contributed by atoms with E-state index in [0.29, 0.717) is 6.10 Å². The first-order valence-corrected chi connectivity index (χ1v) is 2.62. The van der Waals surface area contributed by atoms with Crippen molar-refractivity contribution in [1.29, 1.82) is 0 Å². The molecule has 1 nitrogen and oxygen atoms in total. The molecule has 9 heavy (non-hydrogen) atoms. The number of hydrogen-bond acceptors (Lipinski definition) is 1. The van der Waals surface area contributed by atoms with Gasteiger partial charge in [0.1, 0.15) is 10.5 Å². The Balaban J connectivity index is -0.0000000133. The molecule has 0 aliphatic carbocycles. The van der Waals surface area contributed by atoms with Gasteiger partial charge < -0.3 is 41.6 Å². The average Bonchev–Trinajstić information content (AvgIpc) is 1.38. The smallest absolute Gasteiger partial charge is 1.00 e. The molecule has 0 aromatic heterocycles. The summed E-state index contributed by atoms with van der Waals surface area (Å²) in [5.74, 6) is 0. The van der Waals surface area contributed by atoms with Crippen LogP contribution in [0.2, 0.25) is 0 Å². The van der Waals surface area contributed by atoms with E-state index in [1.165, 1.54) is 0 Å². The van der Waals surface area contributed by atoms with Gasteiger partial charge in [0, 0.05) is 6.10 Å². The molecule has 0 atom stereocenters. The topological polar surface area (TPSA) is 9.23 Å². The molecule has 0 rings (SSSR count). The van der Waals surface area contributed by atoms with E-state index in [2.05, 4.69) is 0 Å². The molecule has 57 valence electrons. The second-order valence-electron chi connectivity index (χ2n) is 1.28. The van der Waals surface area contributed by atoms with Gasteiger partial charge in [0.2, 0.25) is 0 Å². The summed E-state index contributed by atoms with van der Waals surface area (Å²) >= 11 is 0. The van der Waals surface area contributed by atoms with Gasteiger partial charge in [-0.15, -0.1) is 0 Å². The van der Waals surface area contributed by atoms with Crippen LogP contribution >= 0.6 is 0 Å². The number of hydrogen-bond donors (Lipinski definition) is 0. The minimum Gasteiger partial charge on any atom is -1.00 e. The third-order valence-electron chi connectivity index (χ3n) is 0.471. The average molecular weight is 244 g/mol. The largest absolute Gasteiger partial charge is 3.00 e. The molecule has 0 aliphatic heterocycles. The van der Waals surface area contributed by atoms with E-state index in [0.717, 1.165) is 10.5 Å². The number of rotatable bonds is 1. The van der Waals surface area contributed by atoms with Crippen LogP contribution in [0.15, 0.2) is 0 Å². The van der Waals surface area contributed by atoms with E-state index >= 15 is 0 Å². The molecule has 0 amide bonds. The van der Waals surface area contributed by atoms with Gasteiger partial charge >= 0.3 is 21.7 Å². The molecule has 0 fully saturated rings. The minimum absolute atomic E-state index is 0. The van der Waals surface area contributed by atoms with E-state index in [1.807, 2.05) is 13.8 Å². The Morgan fingerprint density at radius 2 is 1.22 bits per heavy atom. The maximum Gasteiger partial charge on any atom is 3.00 e. The van der Waals surface area contributed by atoms with Crippen molar-refractivity contribution in [3.8, 4) is 0 Å². The molecule has 6 heteroatoms. The van der Waals surface area contributed by atoms with Crippen LogP contribution in [0.25, 0.3) is 0 Å². The van der Waals surface area contributed by atoms with Crippen molar-refractivity contribution in [3.63, 3.8) is 0 Å². The Kier molecular flexibility index (Phi) is 77.5. The quantitative estimate of drug-likeness (QED) is 0.416. The second-order valence-corrected chi connectivity index (χ2v) is 1.76. The van der Waals surface area contributed by atoms with Crippen molar-refractivity contribution < 1.29 is 63.4 Å². The minimum atomic E-state index is 0. The molecule has 0 spiro atoms. The normalized spacial score (nSPS) is 5.67. The molecule has 1 radical (unpaired) electrons. The van der Waals surface area contributed by atoms with Crippen molar-refractivity contribution in [2.24, 2.45) is 0 Å². The Hall–Kier alpha value is 1.76. The van der Waals surface area contributed by atoms with Gasteiger partial charge in [-0.1, -0.05) is 0 Å². The van der Waals surface area contributed by atoms with Crippen molar-refractivity contribution >= 4 is 10.5 Å². The Labute approximate surface area is 93.3 Å². The predicted molar refractivity (Wildman–Crippen MR) is 26.2 cm³/mol. The van der Waals surface area contributed by atoms with Gasteiger partial charge in [0.05, 0.1) is 0 Å². The maximum absolute atomic E-state index is 4.89. The van der Waals surface area contributed by atoms with Gasteiger partial charge in [0.15, 0.2) is 0 Å². The standard InChI is InChI=1S/C3H10OSi.3ClH.Ti/c1-3(2)4-5;;;;/h3H,1-2,5H3;3*1H;/q;;;;+3/p-3. The second kappa shape index (κ2) is 22.6. The fraction of sp³-hybridized carbons (Fsp3) is 1.00. The number of halogens is 3. The van der Waals surface area contributed by atoms with Gasteiger partial charge in [-0.05, 0) is 13.8 Å². The van der Waals surface area contributed by atoms with Crippen LogP contribution in [0.1, 0.15) is 13.8 Å². The van der Waals surface area contributed by atoms with Crippen LogP contribution in [0, 0.1) is 0 Å². The first-order valence-electron chi connectivity index (χ1n) is 1.80. The van der Waals surface area contributed by atoms with E-state index in [1.54, 1.807) is 0 Å². The summed E-state index contributed by atoms with van der Waals surface area (Å²) in [4.78, 5) is 0. The fourth-order valence-corrected chi connectivity index (χ4v) is 0. The monoisotopic (exact) mass is 243 g/mol. The SMILES string of the molecule is CC(C)O[SiH3].[Cl-].[Cl-].[Cl-].[Ti+3]. The molecule has 0 saturated heterocycles. The summed E-state index contributed by atoms with van der Waals surface area (Å²) < 4.78 is 4.89. The Morgan fingerprint density at radius 3 is 1.22 bits per heavy atom. The zero-order valence-corrected chi connectivity index (χ0v) is 11.4. The van der Waals surface area contributed by atoms with Crippen LogP contribution in [0.3, 0.4) is 0 Å². The zero-order valence-electron chi connectivity index (χ0n) is 5.62. The molecular formula is C3H10Cl3OSiTi. The van der Waals surface area contributed by atoms with Crippen LogP contribution in [-0.2, 0) is 26.1 Å². The summed E-state index contributed by atoms with van der Waals surface area (Å²) in [5.41, 5.74) is 0. The third kappa shape index (κ3) is 41.6. The van der Waals surface area contributed by atoms with Crippen molar-refractivity contribution in [1.82, 2.24) is 0 Å². The van der Waals surface area contributed by atoms with Gasteiger partial charge in [-0.2, -0.15) is 0 Å². The van der Waals surface area contributed by atoms with Gasteiger partial charge in [0.25, 0.3) is 0 Å². The molecule has 0 unspecified atom stereocenters.